The lowest BCUT2D eigenvalue weighted by Crippen LogP contribution is -2.38. The summed E-state index contributed by atoms with van der Waals surface area (Å²) in [5.41, 5.74) is 10.3. The Morgan fingerprint density at radius 2 is 2.22 bits per heavy atom. The van der Waals surface area contributed by atoms with Crippen LogP contribution < -0.4 is 17.2 Å². The number of hydrogen-bond donors (Lipinski definition) is 3. The fourth-order valence-corrected chi connectivity index (χ4v) is 1.51. The van der Waals surface area contributed by atoms with Gasteiger partial charge in [0.2, 0.25) is 0 Å². The van der Waals surface area contributed by atoms with E-state index in [1.165, 1.54) is 16.8 Å². The van der Waals surface area contributed by atoms with Gasteiger partial charge in [-0.25, -0.2) is 4.79 Å². The fourth-order valence-electron chi connectivity index (χ4n) is 1.51. The van der Waals surface area contributed by atoms with Crippen LogP contribution in [0.15, 0.2) is 17.1 Å². The number of anilines is 1. The summed E-state index contributed by atoms with van der Waals surface area (Å²) < 4.78 is 1.38. The number of carboxylic acids is 1. The highest BCUT2D eigenvalue weighted by Gasteiger charge is 2.09. The number of nitrogen functional groups attached to an aromatic ring is 1. The molecule has 0 radical (unpaired) electrons. The minimum Gasteiger partial charge on any atom is -0.480 e. The van der Waals surface area contributed by atoms with Crippen LogP contribution in [0.25, 0.3) is 0 Å². The Bertz CT molecular complexity index is 459. The normalized spacial score (nSPS) is 10.8. The van der Waals surface area contributed by atoms with E-state index in [1.54, 1.807) is 4.90 Å². The zero-order valence-corrected chi connectivity index (χ0v) is 9.95. The van der Waals surface area contributed by atoms with E-state index in [0.29, 0.717) is 26.2 Å². The molecule has 0 aliphatic carbocycles. The van der Waals surface area contributed by atoms with E-state index >= 15 is 0 Å². The van der Waals surface area contributed by atoms with Crippen LogP contribution >= 0.6 is 0 Å². The molecule has 0 fully saturated rings. The molecule has 0 saturated carbocycles. The van der Waals surface area contributed by atoms with Crippen molar-refractivity contribution in [3.05, 3.63) is 22.7 Å². The summed E-state index contributed by atoms with van der Waals surface area (Å²) in [7, 11) is 0. The lowest BCUT2D eigenvalue weighted by atomic mass is 10.4. The highest BCUT2D eigenvalue weighted by Crippen LogP contribution is 1.92. The van der Waals surface area contributed by atoms with Crippen LogP contribution in [0.1, 0.15) is 0 Å². The summed E-state index contributed by atoms with van der Waals surface area (Å²) in [6.45, 7) is 1.48. The van der Waals surface area contributed by atoms with Crippen molar-refractivity contribution in [1.29, 1.82) is 0 Å². The molecule has 0 bridgehead atoms. The molecule has 0 aliphatic heterocycles. The minimum absolute atomic E-state index is 0.103. The molecule has 0 spiro atoms. The van der Waals surface area contributed by atoms with Crippen LogP contribution in [-0.4, -0.2) is 51.7 Å². The number of aliphatic carboxylic acids is 1. The summed E-state index contributed by atoms with van der Waals surface area (Å²) in [4.78, 5) is 27.3. The third-order valence-electron chi connectivity index (χ3n) is 2.36. The molecule has 0 amide bonds. The van der Waals surface area contributed by atoms with Crippen molar-refractivity contribution in [1.82, 2.24) is 14.5 Å². The van der Waals surface area contributed by atoms with Crippen molar-refractivity contribution >= 4 is 11.8 Å². The van der Waals surface area contributed by atoms with Crippen LogP contribution in [0.5, 0.6) is 0 Å². The number of hydrogen-bond acceptors (Lipinski definition) is 6. The third-order valence-corrected chi connectivity index (χ3v) is 2.36. The van der Waals surface area contributed by atoms with Crippen LogP contribution in [0.4, 0.5) is 5.82 Å². The molecular formula is C10H17N5O3. The molecule has 0 aliphatic rings. The molecule has 1 aromatic rings. The van der Waals surface area contributed by atoms with Gasteiger partial charge < -0.3 is 16.6 Å². The highest BCUT2D eigenvalue weighted by atomic mass is 16.4. The number of carbonyl (C=O) groups is 1. The topological polar surface area (TPSA) is 127 Å². The van der Waals surface area contributed by atoms with E-state index in [1.807, 2.05) is 0 Å². The second-order valence-corrected chi connectivity index (χ2v) is 3.79. The largest absolute Gasteiger partial charge is 0.480 e. The van der Waals surface area contributed by atoms with Crippen molar-refractivity contribution in [2.75, 3.05) is 31.9 Å². The maximum atomic E-state index is 11.4. The molecule has 1 rings (SSSR count). The van der Waals surface area contributed by atoms with Crippen LogP contribution in [-0.2, 0) is 11.3 Å². The van der Waals surface area contributed by atoms with Gasteiger partial charge >= 0.3 is 11.7 Å². The summed E-state index contributed by atoms with van der Waals surface area (Å²) in [6.07, 6.45) is 1.53. The Kier molecular flexibility index (Phi) is 5.28. The average molecular weight is 255 g/mol. The monoisotopic (exact) mass is 255 g/mol. The summed E-state index contributed by atoms with van der Waals surface area (Å²) in [5.74, 6) is -0.758. The zero-order valence-electron chi connectivity index (χ0n) is 9.95. The summed E-state index contributed by atoms with van der Waals surface area (Å²) in [5, 5.41) is 8.72. The maximum absolute atomic E-state index is 11.4. The Morgan fingerprint density at radius 3 is 2.78 bits per heavy atom. The third kappa shape index (κ3) is 4.52. The molecule has 100 valence electrons. The number of carboxylic acid groups (broad SMARTS) is 1. The van der Waals surface area contributed by atoms with Gasteiger partial charge in [0.1, 0.15) is 5.82 Å². The first kappa shape index (κ1) is 14.1. The first-order valence-corrected chi connectivity index (χ1v) is 5.50. The number of aromatic nitrogens is 2. The highest BCUT2D eigenvalue weighted by molar-refractivity contribution is 5.69. The number of nitrogens with two attached hydrogens (primary N) is 2. The van der Waals surface area contributed by atoms with E-state index in [2.05, 4.69) is 4.98 Å². The predicted octanol–water partition coefficient (Wildman–Crippen LogP) is -1.83. The van der Waals surface area contributed by atoms with E-state index in [-0.39, 0.29) is 12.4 Å². The fraction of sp³-hybridized carbons (Fsp3) is 0.500. The van der Waals surface area contributed by atoms with Gasteiger partial charge in [-0.1, -0.05) is 0 Å². The molecule has 0 saturated heterocycles. The average Bonchev–Trinajstić information content (AvgIpc) is 2.27. The summed E-state index contributed by atoms with van der Waals surface area (Å²) in [6, 6.07) is 1.52. The zero-order chi connectivity index (χ0) is 13.5. The molecular weight excluding hydrogens is 238 g/mol. The number of nitrogens with zero attached hydrogens (tertiary/aromatic N) is 3. The molecule has 1 aromatic heterocycles. The van der Waals surface area contributed by atoms with E-state index < -0.39 is 11.7 Å². The quantitative estimate of drug-likeness (QED) is 0.523. The van der Waals surface area contributed by atoms with Crippen molar-refractivity contribution in [2.24, 2.45) is 5.73 Å². The van der Waals surface area contributed by atoms with Gasteiger partial charge in [0, 0.05) is 32.4 Å². The minimum atomic E-state index is -0.925. The van der Waals surface area contributed by atoms with E-state index in [9.17, 15) is 9.59 Å². The van der Waals surface area contributed by atoms with E-state index in [4.69, 9.17) is 16.6 Å². The Morgan fingerprint density at radius 1 is 1.50 bits per heavy atom. The molecule has 0 aromatic carbocycles. The van der Waals surface area contributed by atoms with Crippen molar-refractivity contribution < 1.29 is 9.90 Å². The molecule has 0 atom stereocenters. The van der Waals surface area contributed by atoms with Crippen molar-refractivity contribution in [3.63, 3.8) is 0 Å². The molecule has 8 nitrogen and oxygen atoms in total. The van der Waals surface area contributed by atoms with Crippen LogP contribution in [0, 0.1) is 0 Å². The first-order chi connectivity index (χ1) is 8.52. The van der Waals surface area contributed by atoms with Gasteiger partial charge in [-0.3, -0.25) is 14.3 Å². The number of rotatable bonds is 7. The second kappa shape index (κ2) is 6.72. The van der Waals surface area contributed by atoms with Gasteiger partial charge in [0.15, 0.2) is 0 Å². The SMILES string of the molecule is NCCN(CCn1ccc(N)nc1=O)CC(=O)O. The maximum Gasteiger partial charge on any atom is 0.349 e. The van der Waals surface area contributed by atoms with Crippen molar-refractivity contribution in [3.8, 4) is 0 Å². The van der Waals surface area contributed by atoms with Gasteiger partial charge in [0.25, 0.3) is 0 Å². The van der Waals surface area contributed by atoms with Gasteiger partial charge in [0.05, 0.1) is 6.54 Å². The predicted molar refractivity (Wildman–Crippen MR) is 66.0 cm³/mol. The Balaban J connectivity index is 2.60. The second-order valence-electron chi connectivity index (χ2n) is 3.79. The molecule has 0 unspecified atom stereocenters. The molecule has 18 heavy (non-hydrogen) atoms. The van der Waals surface area contributed by atoms with E-state index in [0.717, 1.165) is 0 Å². The Hall–Kier alpha value is -1.93. The molecule has 1 heterocycles. The van der Waals surface area contributed by atoms with Crippen LogP contribution in [0.3, 0.4) is 0 Å². The lowest BCUT2D eigenvalue weighted by Gasteiger charge is -2.19. The lowest BCUT2D eigenvalue weighted by molar-refractivity contribution is -0.138. The van der Waals surface area contributed by atoms with Crippen LogP contribution in [0.2, 0.25) is 0 Å². The van der Waals surface area contributed by atoms with Crippen molar-refractivity contribution in [2.45, 2.75) is 6.54 Å². The summed E-state index contributed by atoms with van der Waals surface area (Å²) >= 11 is 0. The van der Waals surface area contributed by atoms with Gasteiger partial charge in [-0.2, -0.15) is 4.98 Å². The van der Waals surface area contributed by atoms with Gasteiger partial charge in [-0.15, -0.1) is 0 Å². The molecule has 5 N–H and O–H groups in total. The smallest absolute Gasteiger partial charge is 0.349 e. The standard InChI is InChI=1S/C10H17N5O3/c11-2-4-14(7-9(16)17)5-6-15-3-1-8(12)13-10(15)18/h1,3H,2,4-7,11H2,(H,16,17)(H2,12,13,18). The van der Waals surface area contributed by atoms with Gasteiger partial charge in [-0.05, 0) is 6.07 Å². The molecule has 8 heteroatoms. The Labute approximate surface area is 104 Å². The first-order valence-electron chi connectivity index (χ1n) is 5.50.